The van der Waals surface area contributed by atoms with Crippen LogP contribution in [-0.2, 0) is 14.8 Å². The number of nitrogens with zero attached hydrogens (tertiary/aromatic N) is 2. The molecule has 2 aromatic carbocycles. The van der Waals surface area contributed by atoms with Gasteiger partial charge in [0.05, 0.1) is 30.2 Å². The molecular weight excluding hydrogens is 354 g/mol. The minimum Gasteiger partial charge on any atom is -0.497 e. The molecule has 0 heterocycles. The highest BCUT2D eigenvalue weighted by molar-refractivity contribution is 7.89. The van der Waals surface area contributed by atoms with Crippen molar-refractivity contribution < 1.29 is 17.9 Å². The number of anilines is 1. The number of methoxy groups -OCH3 is 1. The SMILES string of the molecule is CCN(CC(=O)Nc1cccc(OC)c1)S(=O)(=O)c1cccc(C#N)c1. The lowest BCUT2D eigenvalue weighted by Crippen LogP contribution is -2.37. The van der Waals surface area contributed by atoms with Gasteiger partial charge in [0.1, 0.15) is 5.75 Å². The fraction of sp³-hybridized carbons (Fsp3) is 0.222. The van der Waals surface area contributed by atoms with Crippen LogP contribution in [0.5, 0.6) is 5.75 Å². The highest BCUT2D eigenvalue weighted by Gasteiger charge is 2.25. The zero-order valence-corrected chi connectivity index (χ0v) is 15.3. The summed E-state index contributed by atoms with van der Waals surface area (Å²) in [6.45, 7) is 1.42. The second kappa shape index (κ2) is 8.47. The molecule has 0 fully saturated rings. The van der Waals surface area contributed by atoms with E-state index in [4.69, 9.17) is 10.00 Å². The number of hydrogen-bond donors (Lipinski definition) is 1. The summed E-state index contributed by atoms with van der Waals surface area (Å²) in [5.41, 5.74) is 0.747. The Morgan fingerprint density at radius 3 is 2.62 bits per heavy atom. The van der Waals surface area contributed by atoms with Gasteiger partial charge in [-0.05, 0) is 30.3 Å². The molecule has 0 saturated carbocycles. The summed E-state index contributed by atoms with van der Waals surface area (Å²) < 4.78 is 31.6. The van der Waals surface area contributed by atoms with Crippen molar-refractivity contribution in [3.63, 3.8) is 0 Å². The third kappa shape index (κ3) is 4.59. The number of ether oxygens (including phenoxy) is 1. The molecule has 0 radical (unpaired) electrons. The first kappa shape index (κ1) is 19.4. The van der Waals surface area contributed by atoms with Crippen LogP contribution >= 0.6 is 0 Å². The third-order valence-corrected chi connectivity index (χ3v) is 5.54. The lowest BCUT2D eigenvalue weighted by molar-refractivity contribution is -0.116. The van der Waals surface area contributed by atoms with E-state index >= 15 is 0 Å². The Bertz CT molecular complexity index is 935. The fourth-order valence-electron chi connectivity index (χ4n) is 2.30. The number of rotatable bonds is 7. The van der Waals surface area contributed by atoms with Crippen LogP contribution in [0.3, 0.4) is 0 Å². The zero-order valence-electron chi connectivity index (χ0n) is 14.5. The molecule has 0 aliphatic carbocycles. The Labute approximate surface area is 152 Å². The summed E-state index contributed by atoms with van der Waals surface area (Å²) in [4.78, 5) is 12.3. The average Bonchev–Trinajstić information content (AvgIpc) is 2.66. The predicted octanol–water partition coefficient (Wildman–Crippen LogP) is 2.22. The number of hydrogen-bond acceptors (Lipinski definition) is 5. The first-order chi connectivity index (χ1) is 12.4. The molecule has 0 aliphatic heterocycles. The predicted molar refractivity (Wildman–Crippen MR) is 97.2 cm³/mol. The van der Waals surface area contributed by atoms with Crippen LogP contribution in [0.4, 0.5) is 5.69 Å². The first-order valence-corrected chi connectivity index (χ1v) is 9.29. The van der Waals surface area contributed by atoms with Crippen LogP contribution in [0.25, 0.3) is 0 Å². The van der Waals surface area contributed by atoms with Crippen molar-refractivity contribution in [2.75, 3.05) is 25.5 Å². The molecule has 7 nitrogen and oxygen atoms in total. The Morgan fingerprint density at radius 1 is 1.23 bits per heavy atom. The highest BCUT2D eigenvalue weighted by Crippen LogP contribution is 2.19. The molecule has 0 bridgehead atoms. The molecule has 0 atom stereocenters. The number of sulfonamides is 1. The topological polar surface area (TPSA) is 99.5 Å². The lowest BCUT2D eigenvalue weighted by atomic mass is 10.2. The molecule has 0 saturated heterocycles. The molecule has 2 aromatic rings. The van der Waals surface area contributed by atoms with Crippen LogP contribution in [0, 0.1) is 11.3 Å². The fourth-order valence-corrected chi connectivity index (χ4v) is 3.76. The smallest absolute Gasteiger partial charge is 0.243 e. The van der Waals surface area contributed by atoms with Gasteiger partial charge in [-0.3, -0.25) is 4.79 Å². The molecular formula is C18H19N3O4S. The van der Waals surface area contributed by atoms with Gasteiger partial charge in [0, 0.05) is 18.3 Å². The molecule has 0 aliphatic rings. The maximum Gasteiger partial charge on any atom is 0.243 e. The van der Waals surface area contributed by atoms with Crippen molar-refractivity contribution in [2.24, 2.45) is 0 Å². The van der Waals surface area contributed by atoms with Gasteiger partial charge in [0.25, 0.3) is 0 Å². The van der Waals surface area contributed by atoms with Gasteiger partial charge in [-0.1, -0.05) is 19.1 Å². The maximum atomic E-state index is 12.7. The molecule has 2 rings (SSSR count). The summed E-state index contributed by atoms with van der Waals surface area (Å²) in [5.74, 6) is 0.108. The number of nitrogens with one attached hydrogen (secondary N) is 1. The molecule has 136 valence electrons. The van der Waals surface area contributed by atoms with E-state index < -0.39 is 15.9 Å². The van der Waals surface area contributed by atoms with E-state index in [-0.39, 0.29) is 23.5 Å². The number of carbonyl (C=O) groups excluding carboxylic acids is 1. The molecule has 0 unspecified atom stereocenters. The van der Waals surface area contributed by atoms with Crippen LogP contribution in [0.1, 0.15) is 12.5 Å². The standard InChI is InChI=1S/C18H19N3O4S/c1-3-21(26(23,24)17-9-4-6-14(10-17)12-19)13-18(22)20-15-7-5-8-16(11-15)25-2/h4-11H,3,13H2,1-2H3,(H,20,22). The van der Waals surface area contributed by atoms with Crippen molar-refractivity contribution in [2.45, 2.75) is 11.8 Å². The summed E-state index contributed by atoms with van der Waals surface area (Å²) in [5, 5.41) is 11.6. The van der Waals surface area contributed by atoms with Gasteiger partial charge in [-0.2, -0.15) is 9.57 Å². The molecule has 8 heteroatoms. The quantitative estimate of drug-likeness (QED) is 0.802. The van der Waals surface area contributed by atoms with E-state index in [9.17, 15) is 13.2 Å². The lowest BCUT2D eigenvalue weighted by Gasteiger charge is -2.20. The van der Waals surface area contributed by atoms with Gasteiger partial charge in [0.15, 0.2) is 0 Å². The maximum absolute atomic E-state index is 12.7. The second-order valence-corrected chi connectivity index (χ2v) is 7.29. The monoisotopic (exact) mass is 373 g/mol. The molecule has 0 spiro atoms. The van der Waals surface area contributed by atoms with Crippen LogP contribution in [-0.4, -0.2) is 38.8 Å². The summed E-state index contributed by atoms with van der Waals surface area (Å²) in [6.07, 6.45) is 0. The van der Waals surface area contributed by atoms with Crippen molar-refractivity contribution in [3.8, 4) is 11.8 Å². The first-order valence-electron chi connectivity index (χ1n) is 7.85. The largest absolute Gasteiger partial charge is 0.497 e. The van der Waals surface area contributed by atoms with Crippen molar-refractivity contribution in [3.05, 3.63) is 54.1 Å². The Balaban J connectivity index is 2.16. The van der Waals surface area contributed by atoms with Crippen LogP contribution in [0.15, 0.2) is 53.4 Å². The number of nitriles is 1. The van der Waals surface area contributed by atoms with Crippen molar-refractivity contribution in [1.82, 2.24) is 4.31 Å². The Morgan fingerprint density at radius 2 is 1.96 bits per heavy atom. The summed E-state index contributed by atoms with van der Waals surface area (Å²) >= 11 is 0. The van der Waals surface area contributed by atoms with E-state index in [1.165, 1.54) is 31.4 Å². The van der Waals surface area contributed by atoms with Crippen molar-refractivity contribution >= 4 is 21.6 Å². The van der Waals surface area contributed by atoms with Crippen LogP contribution in [0.2, 0.25) is 0 Å². The Hall–Kier alpha value is -2.89. The van der Waals surface area contributed by atoms with E-state index in [0.717, 1.165) is 4.31 Å². The van der Waals surface area contributed by atoms with Gasteiger partial charge in [-0.15, -0.1) is 0 Å². The third-order valence-electron chi connectivity index (χ3n) is 3.63. The molecule has 26 heavy (non-hydrogen) atoms. The number of benzene rings is 2. The van der Waals surface area contributed by atoms with Gasteiger partial charge in [0.2, 0.25) is 15.9 Å². The van der Waals surface area contributed by atoms with E-state index in [1.54, 1.807) is 31.2 Å². The minimum absolute atomic E-state index is 0.0208. The highest BCUT2D eigenvalue weighted by atomic mass is 32.2. The Kier molecular flexibility index (Phi) is 6.33. The van der Waals surface area contributed by atoms with Gasteiger partial charge in [-0.25, -0.2) is 8.42 Å². The normalized spacial score (nSPS) is 11.0. The van der Waals surface area contributed by atoms with E-state index in [1.807, 2.05) is 6.07 Å². The van der Waals surface area contributed by atoms with Gasteiger partial charge < -0.3 is 10.1 Å². The number of carbonyl (C=O) groups is 1. The average molecular weight is 373 g/mol. The summed E-state index contributed by atoms with van der Waals surface area (Å²) in [7, 11) is -2.37. The van der Waals surface area contributed by atoms with Gasteiger partial charge >= 0.3 is 0 Å². The second-order valence-electron chi connectivity index (χ2n) is 5.35. The van der Waals surface area contributed by atoms with Crippen molar-refractivity contribution in [1.29, 1.82) is 5.26 Å². The molecule has 1 N–H and O–H groups in total. The molecule has 0 aromatic heterocycles. The summed E-state index contributed by atoms with van der Waals surface area (Å²) in [6, 6.07) is 14.4. The van der Waals surface area contributed by atoms with E-state index in [2.05, 4.69) is 5.32 Å². The van der Waals surface area contributed by atoms with Crippen LogP contribution < -0.4 is 10.1 Å². The van der Waals surface area contributed by atoms with E-state index in [0.29, 0.717) is 11.4 Å². The minimum atomic E-state index is -3.89. The number of likely N-dealkylation sites (N-methyl/N-ethyl adjacent to an activating group) is 1. The molecule has 1 amide bonds. The zero-order chi connectivity index (χ0) is 19.2. The number of amides is 1.